The van der Waals surface area contributed by atoms with E-state index in [1.807, 2.05) is 6.92 Å². The Morgan fingerprint density at radius 2 is 2.00 bits per heavy atom. The second-order valence-corrected chi connectivity index (χ2v) is 9.26. The summed E-state index contributed by atoms with van der Waals surface area (Å²) in [5.41, 5.74) is 0.174. The number of sulfonamides is 1. The second kappa shape index (κ2) is 10.3. The van der Waals surface area contributed by atoms with E-state index in [2.05, 4.69) is 25.7 Å². The smallest absolute Gasteiger partial charge is 0.357 e. The van der Waals surface area contributed by atoms with E-state index in [1.165, 1.54) is 22.8 Å². The van der Waals surface area contributed by atoms with Crippen LogP contribution < -0.4 is 0 Å². The maximum absolute atomic E-state index is 13.1. The maximum Gasteiger partial charge on any atom is 0.357 e. The fraction of sp³-hybridized carbons (Fsp3) is 0.412. The molecule has 2 aromatic rings. The SMILES string of the molecule is CCOCCCN(Cc1nc(C(=O)OC)cs1)S(=O)(=O)c1ccc(Br)cc1. The molecule has 0 radical (unpaired) electrons. The zero-order valence-electron chi connectivity index (χ0n) is 15.1. The van der Waals surface area contributed by atoms with Crippen LogP contribution in [0.3, 0.4) is 0 Å². The van der Waals surface area contributed by atoms with Gasteiger partial charge >= 0.3 is 5.97 Å². The van der Waals surface area contributed by atoms with Crippen LogP contribution in [0.1, 0.15) is 28.8 Å². The van der Waals surface area contributed by atoms with Crippen LogP contribution in [0.25, 0.3) is 0 Å². The number of hydrogen-bond acceptors (Lipinski definition) is 7. The Bertz CT molecular complexity index is 852. The van der Waals surface area contributed by atoms with Gasteiger partial charge in [-0.25, -0.2) is 18.2 Å². The highest BCUT2D eigenvalue weighted by atomic mass is 79.9. The maximum atomic E-state index is 13.1. The predicted molar refractivity (Wildman–Crippen MR) is 106 cm³/mol. The Labute approximate surface area is 171 Å². The van der Waals surface area contributed by atoms with Gasteiger partial charge in [-0.1, -0.05) is 15.9 Å². The van der Waals surface area contributed by atoms with E-state index in [1.54, 1.807) is 29.6 Å². The van der Waals surface area contributed by atoms with E-state index in [0.717, 1.165) is 4.47 Å². The number of rotatable bonds is 10. The molecule has 0 N–H and O–H groups in total. The number of halogens is 1. The number of esters is 1. The van der Waals surface area contributed by atoms with Crippen LogP contribution in [0, 0.1) is 0 Å². The van der Waals surface area contributed by atoms with Crippen LogP contribution in [0.5, 0.6) is 0 Å². The highest BCUT2D eigenvalue weighted by molar-refractivity contribution is 9.10. The van der Waals surface area contributed by atoms with Crippen molar-refractivity contribution in [1.29, 1.82) is 0 Å². The summed E-state index contributed by atoms with van der Waals surface area (Å²) in [6.45, 7) is 3.29. The van der Waals surface area contributed by atoms with E-state index in [0.29, 0.717) is 24.6 Å². The molecule has 0 saturated heterocycles. The number of carbonyl (C=O) groups is 1. The molecule has 27 heavy (non-hydrogen) atoms. The number of ether oxygens (including phenoxy) is 2. The Hall–Kier alpha value is -1.33. The van der Waals surface area contributed by atoms with Gasteiger partial charge in [0.2, 0.25) is 10.0 Å². The third kappa shape index (κ3) is 6.08. The molecule has 0 saturated carbocycles. The van der Waals surface area contributed by atoms with Crippen molar-refractivity contribution in [2.45, 2.75) is 24.8 Å². The van der Waals surface area contributed by atoms with Crippen LogP contribution in [0.4, 0.5) is 0 Å². The first-order valence-corrected chi connectivity index (χ1v) is 11.4. The van der Waals surface area contributed by atoms with Crippen LogP contribution in [-0.4, -0.2) is 50.5 Å². The van der Waals surface area contributed by atoms with Gasteiger partial charge in [0.25, 0.3) is 0 Å². The number of methoxy groups -OCH3 is 1. The lowest BCUT2D eigenvalue weighted by Gasteiger charge is -2.21. The average molecular weight is 477 g/mol. The van der Waals surface area contributed by atoms with Gasteiger partial charge in [-0.2, -0.15) is 4.31 Å². The van der Waals surface area contributed by atoms with E-state index >= 15 is 0 Å². The van der Waals surface area contributed by atoms with Crippen molar-refractivity contribution in [1.82, 2.24) is 9.29 Å². The number of thiazole rings is 1. The number of carbonyl (C=O) groups excluding carboxylic acids is 1. The molecule has 1 aromatic heterocycles. The monoisotopic (exact) mass is 476 g/mol. The summed E-state index contributed by atoms with van der Waals surface area (Å²) < 4.78 is 38.2. The summed E-state index contributed by atoms with van der Waals surface area (Å²) >= 11 is 4.53. The van der Waals surface area contributed by atoms with Crippen molar-refractivity contribution in [3.8, 4) is 0 Å². The molecule has 0 aliphatic carbocycles. The number of benzene rings is 1. The summed E-state index contributed by atoms with van der Waals surface area (Å²) in [5.74, 6) is -0.545. The topological polar surface area (TPSA) is 85.8 Å². The minimum absolute atomic E-state index is 0.0756. The average Bonchev–Trinajstić information content (AvgIpc) is 3.12. The highest BCUT2D eigenvalue weighted by Gasteiger charge is 2.26. The summed E-state index contributed by atoms with van der Waals surface area (Å²) in [7, 11) is -2.44. The normalized spacial score (nSPS) is 11.7. The fourth-order valence-corrected chi connectivity index (χ4v) is 4.82. The minimum atomic E-state index is -3.71. The van der Waals surface area contributed by atoms with Gasteiger partial charge in [0.1, 0.15) is 5.01 Å². The third-order valence-corrected chi connectivity index (χ3v) is 6.83. The molecule has 148 valence electrons. The molecule has 0 bridgehead atoms. The molecule has 7 nitrogen and oxygen atoms in total. The zero-order valence-corrected chi connectivity index (χ0v) is 18.3. The van der Waals surface area contributed by atoms with Gasteiger partial charge in [0.15, 0.2) is 5.69 Å². The molecular weight excluding hydrogens is 456 g/mol. The van der Waals surface area contributed by atoms with Crippen LogP contribution in [-0.2, 0) is 26.0 Å². The quantitative estimate of drug-likeness (QED) is 0.386. The third-order valence-electron chi connectivity index (χ3n) is 3.61. The zero-order chi connectivity index (χ0) is 19.9. The molecule has 0 atom stereocenters. The van der Waals surface area contributed by atoms with Crippen LogP contribution >= 0.6 is 27.3 Å². The predicted octanol–water partition coefficient (Wildman–Crippen LogP) is 3.31. The second-order valence-electron chi connectivity index (χ2n) is 5.46. The van der Waals surface area contributed by atoms with E-state index in [9.17, 15) is 13.2 Å². The molecule has 0 aliphatic rings. The molecule has 10 heteroatoms. The Morgan fingerprint density at radius 3 is 2.63 bits per heavy atom. The molecule has 1 heterocycles. The van der Waals surface area contributed by atoms with Gasteiger partial charge in [-0.15, -0.1) is 11.3 Å². The first kappa shape index (κ1) is 22.0. The number of nitrogens with zero attached hydrogens (tertiary/aromatic N) is 2. The lowest BCUT2D eigenvalue weighted by Crippen LogP contribution is -2.32. The van der Waals surface area contributed by atoms with Crippen LogP contribution in [0.15, 0.2) is 39.0 Å². The van der Waals surface area contributed by atoms with Gasteiger partial charge in [0, 0.05) is 29.6 Å². The van der Waals surface area contributed by atoms with Gasteiger partial charge in [-0.3, -0.25) is 0 Å². The summed E-state index contributed by atoms with van der Waals surface area (Å²) in [6.07, 6.45) is 0.554. The lowest BCUT2D eigenvalue weighted by molar-refractivity contribution is 0.0594. The van der Waals surface area contributed by atoms with Crippen molar-refractivity contribution < 1.29 is 22.7 Å². The number of hydrogen-bond donors (Lipinski definition) is 0. The van der Waals surface area contributed by atoms with Crippen molar-refractivity contribution in [3.05, 3.63) is 44.8 Å². The highest BCUT2D eigenvalue weighted by Crippen LogP contribution is 2.22. The Kier molecular flexibility index (Phi) is 8.36. The lowest BCUT2D eigenvalue weighted by atomic mass is 10.4. The number of aromatic nitrogens is 1. The van der Waals surface area contributed by atoms with Gasteiger partial charge < -0.3 is 9.47 Å². The molecule has 0 unspecified atom stereocenters. The van der Waals surface area contributed by atoms with Crippen LogP contribution in [0.2, 0.25) is 0 Å². The fourth-order valence-electron chi connectivity index (χ4n) is 2.26. The minimum Gasteiger partial charge on any atom is -0.464 e. The van der Waals surface area contributed by atoms with E-state index in [-0.39, 0.29) is 23.7 Å². The molecule has 2 rings (SSSR count). The van der Waals surface area contributed by atoms with Crippen molar-refractivity contribution in [2.24, 2.45) is 0 Å². The molecular formula is C17H21BrN2O5S2. The molecule has 0 amide bonds. The first-order valence-electron chi connectivity index (χ1n) is 8.24. The Morgan fingerprint density at radius 1 is 1.30 bits per heavy atom. The van der Waals surface area contributed by atoms with E-state index < -0.39 is 16.0 Å². The largest absolute Gasteiger partial charge is 0.464 e. The van der Waals surface area contributed by atoms with Gasteiger partial charge in [-0.05, 0) is 37.6 Å². The first-order chi connectivity index (χ1) is 12.9. The summed E-state index contributed by atoms with van der Waals surface area (Å²) in [6, 6.07) is 6.47. The standard InChI is InChI=1S/C17H21BrN2O5S2/c1-3-25-10-4-9-20(11-16-19-15(12-26-16)17(21)24-2)27(22,23)14-7-5-13(18)6-8-14/h5-8,12H,3-4,9-11H2,1-2H3. The molecule has 0 fully saturated rings. The van der Waals surface area contributed by atoms with Gasteiger partial charge in [0.05, 0.1) is 18.6 Å². The molecule has 0 aliphatic heterocycles. The van der Waals surface area contributed by atoms with Crippen molar-refractivity contribution >= 4 is 43.3 Å². The molecule has 1 aromatic carbocycles. The summed E-state index contributed by atoms with van der Waals surface area (Å²) in [4.78, 5) is 16.0. The summed E-state index contributed by atoms with van der Waals surface area (Å²) in [5, 5.41) is 2.08. The van der Waals surface area contributed by atoms with Crippen molar-refractivity contribution in [2.75, 3.05) is 26.9 Å². The van der Waals surface area contributed by atoms with Crippen molar-refractivity contribution in [3.63, 3.8) is 0 Å². The van der Waals surface area contributed by atoms with E-state index in [4.69, 9.17) is 4.74 Å². The molecule has 0 spiro atoms. The Balaban J connectivity index is 2.23.